The van der Waals surface area contributed by atoms with Crippen molar-refractivity contribution < 1.29 is 4.79 Å². The van der Waals surface area contributed by atoms with E-state index >= 15 is 0 Å². The number of anilines is 3. The summed E-state index contributed by atoms with van der Waals surface area (Å²) in [5, 5.41) is 11.3. The van der Waals surface area contributed by atoms with E-state index in [-0.39, 0.29) is 11.8 Å². The van der Waals surface area contributed by atoms with Gasteiger partial charge in [0.15, 0.2) is 5.65 Å². The maximum Gasteiger partial charge on any atom is 0.227 e. The van der Waals surface area contributed by atoms with Gasteiger partial charge in [-0.1, -0.05) is 6.07 Å². The van der Waals surface area contributed by atoms with Gasteiger partial charge >= 0.3 is 0 Å². The molecule has 0 atom stereocenters. The summed E-state index contributed by atoms with van der Waals surface area (Å²) in [5.41, 5.74) is 2.34. The Morgan fingerprint density at radius 1 is 1.29 bits per heavy atom. The first-order valence-corrected chi connectivity index (χ1v) is 8.42. The number of hydrogen-bond donors (Lipinski definition) is 2. The van der Waals surface area contributed by atoms with Crippen LogP contribution in [0.1, 0.15) is 12.8 Å². The average Bonchev–Trinajstić information content (AvgIpc) is 3.35. The third-order valence-corrected chi connectivity index (χ3v) is 4.47. The summed E-state index contributed by atoms with van der Waals surface area (Å²) in [5.74, 6) is 0.923. The van der Waals surface area contributed by atoms with Crippen molar-refractivity contribution in [3.8, 4) is 0 Å². The summed E-state index contributed by atoms with van der Waals surface area (Å²) in [4.78, 5) is 20.5. The summed E-state index contributed by atoms with van der Waals surface area (Å²) < 4.78 is 2.37. The Hall–Kier alpha value is -2.48. The third-order valence-electron chi connectivity index (χ3n) is 3.92. The summed E-state index contributed by atoms with van der Waals surface area (Å²) in [7, 11) is 1.83. The van der Waals surface area contributed by atoms with E-state index in [4.69, 9.17) is 0 Å². The fraction of sp³-hybridized carbons (Fsp3) is 0.250. The van der Waals surface area contributed by atoms with Crippen LogP contribution in [0, 0.1) is 5.92 Å². The molecule has 0 bridgehead atoms. The summed E-state index contributed by atoms with van der Waals surface area (Å²) in [6, 6.07) is 7.58. The van der Waals surface area contributed by atoms with Gasteiger partial charge in [-0.3, -0.25) is 4.79 Å². The van der Waals surface area contributed by atoms with E-state index in [1.807, 2.05) is 31.3 Å². The van der Waals surface area contributed by atoms with Crippen LogP contribution >= 0.6 is 15.9 Å². The molecule has 0 unspecified atom stereocenters. The summed E-state index contributed by atoms with van der Waals surface area (Å²) in [6.07, 6.45) is 3.47. The molecule has 1 saturated carbocycles. The Bertz CT molecular complexity index is 933. The Morgan fingerprint density at radius 2 is 2.08 bits per heavy atom. The van der Waals surface area contributed by atoms with Gasteiger partial charge in [0, 0.05) is 24.3 Å². The number of aromatic nitrogens is 4. The van der Waals surface area contributed by atoms with Crippen molar-refractivity contribution >= 4 is 50.1 Å². The Kier molecular flexibility index (Phi) is 3.68. The Morgan fingerprint density at radius 3 is 2.88 bits per heavy atom. The molecule has 1 aliphatic carbocycles. The molecule has 3 aromatic rings. The highest BCUT2D eigenvalue weighted by Gasteiger charge is 2.29. The van der Waals surface area contributed by atoms with E-state index in [2.05, 4.69) is 41.6 Å². The van der Waals surface area contributed by atoms with E-state index in [0.29, 0.717) is 10.4 Å². The molecular formula is C16H15BrN6O. The maximum absolute atomic E-state index is 11.9. The number of amides is 1. The van der Waals surface area contributed by atoms with Crippen LogP contribution in [0.5, 0.6) is 0 Å². The Labute approximate surface area is 146 Å². The van der Waals surface area contributed by atoms with E-state index in [0.717, 1.165) is 35.2 Å². The van der Waals surface area contributed by atoms with Gasteiger partial charge in [0.2, 0.25) is 5.91 Å². The maximum atomic E-state index is 11.9. The molecule has 7 nitrogen and oxygen atoms in total. The molecular weight excluding hydrogens is 372 g/mol. The van der Waals surface area contributed by atoms with Crippen LogP contribution in [0.3, 0.4) is 0 Å². The molecule has 4 rings (SSSR count). The number of hydrogen-bond acceptors (Lipinski definition) is 5. The molecule has 2 N–H and O–H groups in total. The van der Waals surface area contributed by atoms with Crippen LogP contribution in [0.25, 0.3) is 11.0 Å². The van der Waals surface area contributed by atoms with Crippen LogP contribution in [-0.2, 0) is 11.8 Å². The van der Waals surface area contributed by atoms with Crippen molar-refractivity contribution in [2.24, 2.45) is 13.0 Å². The number of halogens is 1. The molecule has 1 fully saturated rings. The third kappa shape index (κ3) is 2.84. The molecule has 0 saturated heterocycles. The first kappa shape index (κ1) is 15.1. The molecule has 1 amide bonds. The second-order valence-electron chi connectivity index (χ2n) is 5.80. The minimum absolute atomic E-state index is 0.0894. The molecule has 0 radical (unpaired) electrons. The molecule has 24 heavy (non-hydrogen) atoms. The lowest BCUT2D eigenvalue weighted by molar-refractivity contribution is -0.117. The standard InChI is InChI=1S/C16H15BrN6O/c1-23-15-12(13(17)22-23)14(18-8-19-15)20-10-3-2-4-11(7-10)21-16(24)9-5-6-9/h2-4,7-9H,5-6H2,1H3,(H,21,24)(H,18,19,20). The van der Waals surface area contributed by atoms with Gasteiger partial charge in [-0.2, -0.15) is 5.10 Å². The van der Waals surface area contributed by atoms with Crippen LogP contribution in [0.15, 0.2) is 35.2 Å². The molecule has 8 heteroatoms. The van der Waals surface area contributed by atoms with Gasteiger partial charge in [-0.15, -0.1) is 0 Å². The number of aryl methyl sites for hydroxylation is 1. The highest BCUT2D eigenvalue weighted by atomic mass is 79.9. The number of nitrogens with zero attached hydrogens (tertiary/aromatic N) is 4. The number of fused-ring (bicyclic) bond motifs is 1. The Balaban J connectivity index is 1.62. The fourth-order valence-electron chi connectivity index (χ4n) is 2.54. The van der Waals surface area contributed by atoms with Crippen molar-refractivity contribution in [3.05, 3.63) is 35.2 Å². The monoisotopic (exact) mass is 386 g/mol. The number of benzene rings is 1. The SMILES string of the molecule is Cn1nc(Br)c2c(Nc3cccc(NC(=O)C4CC4)c3)ncnc21. The largest absolute Gasteiger partial charge is 0.339 e. The lowest BCUT2D eigenvalue weighted by Crippen LogP contribution is -2.13. The predicted octanol–water partition coefficient (Wildman–Crippen LogP) is 3.22. The highest BCUT2D eigenvalue weighted by molar-refractivity contribution is 9.10. The van der Waals surface area contributed by atoms with E-state index in [1.165, 1.54) is 6.33 Å². The van der Waals surface area contributed by atoms with Crippen molar-refractivity contribution in [2.45, 2.75) is 12.8 Å². The molecule has 1 aromatic carbocycles. The van der Waals surface area contributed by atoms with E-state index < -0.39 is 0 Å². The minimum Gasteiger partial charge on any atom is -0.339 e. The normalized spacial score (nSPS) is 13.9. The fourth-order valence-corrected chi connectivity index (χ4v) is 3.14. The van der Waals surface area contributed by atoms with Crippen molar-refractivity contribution in [1.29, 1.82) is 0 Å². The second kappa shape index (κ2) is 5.86. The van der Waals surface area contributed by atoms with Gasteiger partial charge in [-0.05, 0) is 47.0 Å². The molecule has 0 spiro atoms. The van der Waals surface area contributed by atoms with Crippen molar-refractivity contribution in [3.63, 3.8) is 0 Å². The smallest absolute Gasteiger partial charge is 0.227 e. The zero-order valence-electron chi connectivity index (χ0n) is 13.0. The number of rotatable bonds is 4. The van der Waals surface area contributed by atoms with Crippen LogP contribution < -0.4 is 10.6 Å². The highest BCUT2D eigenvalue weighted by Crippen LogP contribution is 2.31. The van der Waals surface area contributed by atoms with Gasteiger partial charge in [0.1, 0.15) is 16.7 Å². The van der Waals surface area contributed by atoms with Crippen LogP contribution in [0.4, 0.5) is 17.2 Å². The average molecular weight is 387 g/mol. The van der Waals surface area contributed by atoms with Gasteiger partial charge in [-0.25, -0.2) is 14.6 Å². The predicted molar refractivity (Wildman–Crippen MR) is 95.1 cm³/mol. The van der Waals surface area contributed by atoms with Crippen molar-refractivity contribution in [2.75, 3.05) is 10.6 Å². The molecule has 2 aromatic heterocycles. The second-order valence-corrected chi connectivity index (χ2v) is 6.56. The molecule has 122 valence electrons. The van der Waals surface area contributed by atoms with Gasteiger partial charge < -0.3 is 10.6 Å². The van der Waals surface area contributed by atoms with E-state index in [9.17, 15) is 4.79 Å². The summed E-state index contributed by atoms with van der Waals surface area (Å²) in [6.45, 7) is 0. The summed E-state index contributed by atoms with van der Waals surface area (Å²) >= 11 is 3.44. The van der Waals surface area contributed by atoms with E-state index in [1.54, 1.807) is 4.68 Å². The van der Waals surface area contributed by atoms with Crippen LogP contribution in [-0.4, -0.2) is 25.7 Å². The minimum atomic E-state index is 0.0894. The number of carbonyl (C=O) groups excluding carboxylic acids is 1. The number of nitrogens with one attached hydrogen (secondary N) is 2. The first-order valence-electron chi connectivity index (χ1n) is 7.63. The lowest BCUT2D eigenvalue weighted by Gasteiger charge is -2.09. The zero-order valence-corrected chi connectivity index (χ0v) is 14.5. The first-order chi connectivity index (χ1) is 11.6. The van der Waals surface area contributed by atoms with Crippen molar-refractivity contribution in [1.82, 2.24) is 19.7 Å². The van der Waals surface area contributed by atoms with Gasteiger partial charge in [0.25, 0.3) is 0 Å². The lowest BCUT2D eigenvalue weighted by atomic mass is 10.2. The van der Waals surface area contributed by atoms with Crippen LogP contribution in [0.2, 0.25) is 0 Å². The zero-order chi connectivity index (χ0) is 16.7. The topological polar surface area (TPSA) is 84.7 Å². The molecule has 2 heterocycles. The molecule has 1 aliphatic rings. The van der Waals surface area contributed by atoms with Gasteiger partial charge in [0.05, 0.1) is 5.39 Å². The quantitative estimate of drug-likeness (QED) is 0.718. The molecule has 0 aliphatic heterocycles. The number of carbonyl (C=O) groups is 1.